The van der Waals surface area contributed by atoms with Crippen molar-refractivity contribution in [2.24, 2.45) is 0 Å². The highest BCUT2D eigenvalue weighted by Gasteiger charge is 2.47. The Morgan fingerprint density at radius 1 is 0.958 bits per heavy atom. The Balaban J connectivity index is 2.19. The molecule has 2 aromatic rings. The molecule has 0 heterocycles. The average Bonchev–Trinajstić information content (AvgIpc) is 2.92. The lowest BCUT2D eigenvalue weighted by atomic mass is 9.74. The second kappa shape index (κ2) is 7.04. The van der Waals surface area contributed by atoms with Gasteiger partial charge < -0.3 is 5.32 Å². The Hall–Kier alpha value is -2.35. The molecule has 0 saturated carbocycles. The van der Waals surface area contributed by atoms with Crippen molar-refractivity contribution in [3.05, 3.63) is 71.8 Å². The van der Waals surface area contributed by atoms with Gasteiger partial charge in [-0.25, -0.2) is 0 Å². The van der Waals surface area contributed by atoms with E-state index < -0.39 is 5.41 Å². The van der Waals surface area contributed by atoms with Crippen LogP contribution in [0.15, 0.2) is 60.7 Å². The summed E-state index contributed by atoms with van der Waals surface area (Å²) in [4.78, 5) is 13.3. The third-order valence-corrected chi connectivity index (χ3v) is 4.81. The SMILES string of the molecule is CC/C=C/CC1(C(=O)NCCC)c2ccccc2-c2ccccc21. The maximum absolute atomic E-state index is 13.3. The summed E-state index contributed by atoms with van der Waals surface area (Å²) in [5.74, 6) is 0.113. The molecule has 1 aliphatic carbocycles. The largest absolute Gasteiger partial charge is 0.355 e. The first kappa shape index (κ1) is 16.5. The van der Waals surface area contributed by atoms with Crippen LogP contribution in [-0.4, -0.2) is 12.5 Å². The maximum atomic E-state index is 13.3. The number of nitrogens with one attached hydrogen (secondary N) is 1. The smallest absolute Gasteiger partial charge is 0.235 e. The molecule has 0 atom stereocenters. The lowest BCUT2D eigenvalue weighted by Gasteiger charge is -2.29. The summed E-state index contributed by atoms with van der Waals surface area (Å²) in [6.07, 6.45) is 6.93. The van der Waals surface area contributed by atoms with Crippen molar-refractivity contribution in [1.82, 2.24) is 5.32 Å². The molecular weight excluding hydrogens is 294 g/mol. The summed E-state index contributed by atoms with van der Waals surface area (Å²) in [5, 5.41) is 3.15. The Morgan fingerprint density at radius 3 is 2.08 bits per heavy atom. The molecule has 1 amide bonds. The summed E-state index contributed by atoms with van der Waals surface area (Å²) in [6, 6.07) is 16.7. The van der Waals surface area contributed by atoms with Crippen molar-refractivity contribution < 1.29 is 4.79 Å². The van der Waals surface area contributed by atoms with Gasteiger partial charge in [0.05, 0.1) is 0 Å². The highest BCUT2D eigenvalue weighted by Crippen LogP contribution is 2.51. The monoisotopic (exact) mass is 319 g/mol. The van der Waals surface area contributed by atoms with Crippen LogP contribution in [0.3, 0.4) is 0 Å². The van der Waals surface area contributed by atoms with Crippen molar-refractivity contribution in [3.8, 4) is 11.1 Å². The maximum Gasteiger partial charge on any atom is 0.235 e. The van der Waals surface area contributed by atoms with Crippen LogP contribution in [0, 0.1) is 0 Å². The fourth-order valence-corrected chi connectivity index (χ4v) is 3.70. The number of benzene rings is 2. The normalized spacial score (nSPS) is 14.4. The van der Waals surface area contributed by atoms with E-state index in [0.717, 1.165) is 24.0 Å². The van der Waals surface area contributed by atoms with Crippen LogP contribution in [0.2, 0.25) is 0 Å². The summed E-state index contributed by atoms with van der Waals surface area (Å²) < 4.78 is 0. The minimum atomic E-state index is -0.617. The molecule has 0 aromatic heterocycles. The predicted octanol–water partition coefficient (Wildman–Crippen LogP) is 4.84. The van der Waals surface area contributed by atoms with Crippen LogP contribution in [0.1, 0.15) is 44.2 Å². The molecule has 0 bridgehead atoms. The molecule has 0 radical (unpaired) electrons. The van der Waals surface area contributed by atoms with Gasteiger partial charge in [-0.1, -0.05) is 74.5 Å². The molecule has 24 heavy (non-hydrogen) atoms. The van der Waals surface area contributed by atoms with Gasteiger partial charge in [-0.2, -0.15) is 0 Å². The number of carbonyl (C=O) groups is 1. The molecular formula is C22H25NO. The number of fused-ring (bicyclic) bond motifs is 3. The van der Waals surface area contributed by atoms with Crippen LogP contribution < -0.4 is 5.32 Å². The lowest BCUT2D eigenvalue weighted by molar-refractivity contribution is -0.125. The Kier molecular flexibility index (Phi) is 4.84. The van der Waals surface area contributed by atoms with Crippen molar-refractivity contribution in [3.63, 3.8) is 0 Å². The van der Waals surface area contributed by atoms with E-state index >= 15 is 0 Å². The van der Waals surface area contributed by atoms with Gasteiger partial charge in [-0.05, 0) is 41.5 Å². The van der Waals surface area contributed by atoms with Gasteiger partial charge in [0.25, 0.3) is 0 Å². The van der Waals surface area contributed by atoms with Gasteiger partial charge in [0.2, 0.25) is 5.91 Å². The van der Waals surface area contributed by atoms with Gasteiger partial charge in [0.15, 0.2) is 0 Å². The van der Waals surface area contributed by atoms with Crippen molar-refractivity contribution in [2.45, 2.75) is 38.5 Å². The zero-order chi connectivity index (χ0) is 17.0. The molecule has 2 nitrogen and oxygen atoms in total. The van der Waals surface area contributed by atoms with Crippen molar-refractivity contribution in [2.75, 3.05) is 6.54 Å². The van der Waals surface area contributed by atoms with E-state index in [0.29, 0.717) is 13.0 Å². The third kappa shape index (κ3) is 2.56. The second-order valence-corrected chi connectivity index (χ2v) is 6.34. The predicted molar refractivity (Wildman–Crippen MR) is 100 cm³/mol. The summed E-state index contributed by atoms with van der Waals surface area (Å²) in [5.41, 5.74) is 4.00. The van der Waals surface area contributed by atoms with Gasteiger partial charge in [0, 0.05) is 6.54 Å². The van der Waals surface area contributed by atoms with Crippen molar-refractivity contribution in [1.29, 1.82) is 0 Å². The topological polar surface area (TPSA) is 29.1 Å². The minimum Gasteiger partial charge on any atom is -0.355 e. The van der Waals surface area contributed by atoms with E-state index in [4.69, 9.17) is 0 Å². The molecule has 0 aliphatic heterocycles. The quantitative estimate of drug-likeness (QED) is 0.759. The zero-order valence-corrected chi connectivity index (χ0v) is 14.5. The lowest BCUT2D eigenvalue weighted by Crippen LogP contribution is -2.44. The number of allylic oxidation sites excluding steroid dienone is 2. The Labute approximate surface area is 144 Å². The fourth-order valence-electron chi connectivity index (χ4n) is 3.70. The molecule has 2 aromatic carbocycles. The van der Waals surface area contributed by atoms with Crippen LogP contribution >= 0.6 is 0 Å². The molecule has 2 heteroatoms. The number of hydrogen-bond acceptors (Lipinski definition) is 1. The standard InChI is InChI=1S/C22H25NO/c1-3-5-10-15-22(21(24)23-16-4-2)19-13-8-6-11-17(19)18-12-7-9-14-20(18)22/h5-14H,3-4,15-16H2,1-2H3,(H,23,24)/b10-5+. The van der Waals surface area contributed by atoms with Gasteiger partial charge in [-0.3, -0.25) is 4.79 Å². The van der Waals surface area contributed by atoms with Gasteiger partial charge in [-0.15, -0.1) is 0 Å². The first-order chi connectivity index (χ1) is 11.8. The molecule has 0 unspecified atom stereocenters. The molecule has 0 saturated heterocycles. The molecule has 0 fully saturated rings. The van der Waals surface area contributed by atoms with E-state index in [1.54, 1.807) is 0 Å². The third-order valence-electron chi connectivity index (χ3n) is 4.81. The van der Waals surface area contributed by atoms with Crippen LogP contribution in [0.4, 0.5) is 0 Å². The highest BCUT2D eigenvalue weighted by molar-refractivity contribution is 6.00. The molecule has 3 rings (SSSR count). The van der Waals surface area contributed by atoms with E-state index in [1.807, 2.05) is 12.1 Å². The average molecular weight is 319 g/mol. The molecule has 0 spiro atoms. The minimum absolute atomic E-state index is 0.113. The van der Waals surface area contributed by atoms with E-state index in [1.165, 1.54) is 11.1 Å². The van der Waals surface area contributed by atoms with Gasteiger partial charge >= 0.3 is 0 Å². The highest BCUT2D eigenvalue weighted by atomic mass is 16.2. The van der Waals surface area contributed by atoms with Gasteiger partial charge in [0.1, 0.15) is 5.41 Å². The Bertz CT molecular complexity index is 715. The molecule has 1 N–H and O–H groups in total. The van der Waals surface area contributed by atoms with Crippen molar-refractivity contribution >= 4 is 5.91 Å². The van der Waals surface area contributed by atoms with E-state index in [-0.39, 0.29) is 5.91 Å². The summed E-state index contributed by atoms with van der Waals surface area (Å²) in [6.45, 7) is 4.92. The number of amides is 1. The summed E-state index contributed by atoms with van der Waals surface area (Å²) in [7, 11) is 0. The van der Waals surface area contributed by atoms with E-state index in [9.17, 15) is 4.79 Å². The van der Waals surface area contributed by atoms with Crippen LogP contribution in [0.5, 0.6) is 0 Å². The molecule has 1 aliphatic rings. The number of hydrogen-bond donors (Lipinski definition) is 1. The van der Waals surface area contributed by atoms with Crippen LogP contribution in [0.25, 0.3) is 11.1 Å². The van der Waals surface area contributed by atoms with E-state index in [2.05, 4.69) is 67.7 Å². The zero-order valence-electron chi connectivity index (χ0n) is 14.5. The second-order valence-electron chi connectivity index (χ2n) is 6.34. The molecule has 124 valence electrons. The first-order valence-corrected chi connectivity index (χ1v) is 8.88. The number of rotatable bonds is 6. The fraction of sp³-hybridized carbons (Fsp3) is 0.318. The van der Waals surface area contributed by atoms with Crippen LogP contribution in [-0.2, 0) is 10.2 Å². The number of carbonyl (C=O) groups excluding carboxylic acids is 1. The Morgan fingerprint density at radius 2 is 1.54 bits per heavy atom. The summed E-state index contributed by atoms with van der Waals surface area (Å²) >= 11 is 0. The first-order valence-electron chi connectivity index (χ1n) is 8.88.